The third-order valence-corrected chi connectivity index (χ3v) is 1.84. The van der Waals surface area contributed by atoms with Crippen LogP contribution in [0.1, 0.15) is 44.9 Å². The zero-order valence-electron chi connectivity index (χ0n) is 8.45. The van der Waals surface area contributed by atoms with Crippen molar-refractivity contribution in [2.45, 2.75) is 39.7 Å². The molecule has 0 radical (unpaired) electrons. The van der Waals surface area contributed by atoms with Crippen molar-refractivity contribution >= 4 is 0 Å². The van der Waals surface area contributed by atoms with E-state index in [4.69, 9.17) is 10.3 Å². The maximum Gasteiger partial charge on any atom is 0.226 e. The first-order valence-corrected chi connectivity index (χ1v) is 4.71. The number of hydrogen-bond acceptors (Lipinski definition) is 4. The lowest BCUT2D eigenvalue weighted by Gasteiger charge is -1.99. The number of hydrogen-bond donors (Lipinski definition) is 1. The largest absolute Gasteiger partial charge is 0.339 e. The summed E-state index contributed by atoms with van der Waals surface area (Å²) in [6.45, 7) is 6.23. The third-order valence-electron chi connectivity index (χ3n) is 1.84. The van der Waals surface area contributed by atoms with Gasteiger partial charge in [-0.2, -0.15) is 4.98 Å². The molecule has 0 saturated carbocycles. The van der Waals surface area contributed by atoms with Crippen LogP contribution in [-0.2, 0) is 6.42 Å². The fraction of sp³-hybridized carbons (Fsp3) is 0.778. The molecule has 0 aliphatic carbocycles. The summed E-state index contributed by atoms with van der Waals surface area (Å²) in [6, 6.07) is -0.0929. The van der Waals surface area contributed by atoms with Crippen LogP contribution in [0.2, 0.25) is 0 Å². The normalized spacial score (nSPS) is 13.6. The fourth-order valence-corrected chi connectivity index (χ4v) is 1.03. The van der Waals surface area contributed by atoms with Crippen LogP contribution >= 0.6 is 0 Å². The topological polar surface area (TPSA) is 64.9 Å². The van der Waals surface area contributed by atoms with E-state index in [0.717, 1.165) is 12.8 Å². The molecule has 74 valence electrons. The molecule has 1 heterocycles. The van der Waals surface area contributed by atoms with Gasteiger partial charge in [0.1, 0.15) is 0 Å². The number of nitrogens with two attached hydrogens (primary N) is 1. The van der Waals surface area contributed by atoms with E-state index in [-0.39, 0.29) is 6.04 Å². The molecule has 1 unspecified atom stereocenters. The SMILES string of the molecule is CCC(N)c1noc(CC(C)C)n1. The van der Waals surface area contributed by atoms with Crippen LogP contribution in [0.4, 0.5) is 0 Å². The molecule has 0 amide bonds. The average Bonchev–Trinajstić information content (AvgIpc) is 2.50. The molecule has 1 atom stereocenters. The highest BCUT2D eigenvalue weighted by molar-refractivity contribution is 4.92. The molecule has 4 nitrogen and oxygen atoms in total. The lowest BCUT2D eigenvalue weighted by molar-refractivity contribution is 0.356. The van der Waals surface area contributed by atoms with Gasteiger partial charge >= 0.3 is 0 Å². The Morgan fingerprint density at radius 2 is 2.15 bits per heavy atom. The Kier molecular flexibility index (Phi) is 3.42. The summed E-state index contributed by atoms with van der Waals surface area (Å²) in [5, 5.41) is 3.83. The van der Waals surface area contributed by atoms with Crippen LogP contribution in [-0.4, -0.2) is 10.1 Å². The summed E-state index contributed by atoms with van der Waals surface area (Å²) in [4.78, 5) is 4.22. The van der Waals surface area contributed by atoms with E-state index in [9.17, 15) is 0 Å². The molecule has 0 fully saturated rings. The van der Waals surface area contributed by atoms with Gasteiger partial charge in [0.15, 0.2) is 5.82 Å². The van der Waals surface area contributed by atoms with Gasteiger partial charge in [-0.05, 0) is 12.3 Å². The summed E-state index contributed by atoms with van der Waals surface area (Å²) in [5.74, 6) is 1.85. The van der Waals surface area contributed by atoms with Crippen molar-refractivity contribution in [1.29, 1.82) is 0 Å². The lowest BCUT2D eigenvalue weighted by Crippen LogP contribution is -2.10. The van der Waals surface area contributed by atoms with Crippen LogP contribution < -0.4 is 5.73 Å². The lowest BCUT2D eigenvalue weighted by atomic mass is 10.1. The van der Waals surface area contributed by atoms with E-state index in [1.54, 1.807) is 0 Å². The molecule has 1 aromatic heterocycles. The maximum absolute atomic E-state index is 5.75. The predicted molar refractivity (Wildman–Crippen MR) is 50.1 cm³/mol. The number of rotatable bonds is 4. The van der Waals surface area contributed by atoms with Gasteiger partial charge < -0.3 is 10.3 Å². The Balaban J connectivity index is 2.63. The second-order valence-electron chi connectivity index (χ2n) is 3.66. The van der Waals surface area contributed by atoms with Gasteiger partial charge in [-0.15, -0.1) is 0 Å². The van der Waals surface area contributed by atoms with E-state index < -0.39 is 0 Å². The second kappa shape index (κ2) is 4.37. The van der Waals surface area contributed by atoms with Gasteiger partial charge in [0.05, 0.1) is 6.04 Å². The third kappa shape index (κ3) is 2.81. The zero-order chi connectivity index (χ0) is 9.84. The minimum atomic E-state index is -0.0929. The van der Waals surface area contributed by atoms with Gasteiger partial charge in [-0.3, -0.25) is 0 Å². The van der Waals surface area contributed by atoms with E-state index >= 15 is 0 Å². The monoisotopic (exact) mass is 183 g/mol. The molecule has 13 heavy (non-hydrogen) atoms. The Morgan fingerprint density at radius 1 is 1.46 bits per heavy atom. The van der Waals surface area contributed by atoms with Crippen molar-refractivity contribution in [1.82, 2.24) is 10.1 Å². The standard InChI is InChI=1S/C9H17N3O/c1-4-7(10)9-11-8(13-12-9)5-6(2)3/h6-7H,4-5,10H2,1-3H3. The van der Waals surface area contributed by atoms with Crippen molar-refractivity contribution in [3.05, 3.63) is 11.7 Å². The summed E-state index contributed by atoms with van der Waals surface area (Å²) in [5.41, 5.74) is 5.75. The molecular weight excluding hydrogens is 166 g/mol. The predicted octanol–water partition coefficient (Wildman–Crippen LogP) is 1.68. The van der Waals surface area contributed by atoms with Crippen LogP contribution in [0.25, 0.3) is 0 Å². The molecule has 0 spiro atoms. The molecule has 0 aliphatic rings. The summed E-state index contributed by atoms with van der Waals surface area (Å²) in [7, 11) is 0. The van der Waals surface area contributed by atoms with Crippen molar-refractivity contribution < 1.29 is 4.52 Å². The second-order valence-corrected chi connectivity index (χ2v) is 3.66. The number of nitrogens with zero attached hydrogens (tertiary/aromatic N) is 2. The van der Waals surface area contributed by atoms with E-state index in [1.165, 1.54) is 0 Å². The molecule has 0 aromatic carbocycles. The van der Waals surface area contributed by atoms with Crippen molar-refractivity contribution in [3.8, 4) is 0 Å². The first kappa shape index (κ1) is 10.2. The molecule has 0 aliphatic heterocycles. The minimum Gasteiger partial charge on any atom is -0.339 e. The average molecular weight is 183 g/mol. The molecular formula is C9H17N3O. The molecule has 0 bridgehead atoms. The highest BCUT2D eigenvalue weighted by atomic mass is 16.5. The van der Waals surface area contributed by atoms with Crippen molar-refractivity contribution in [2.75, 3.05) is 0 Å². The minimum absolute atomic E-state index is 0.0929. The van der Waals surface area contributed by atoms with E-state index in [0.29, 0.717) is 17.6 Å². The highest BCUT2D eigenvalue weighted by Crippen LogP contribution is 2.11. The Morgan fingerprint density at radius 3 is 2.69 bits per heavy atom. The fourth-order valence-electron chi connectivity index (χ4n) is 1.03. The van der Waals surface area contributed by atoms with Gasteiger partial charge in [-0.25, -0.2) is 0 Å². The molecule has 1 rings (SSSR count). The Hall–Kier alpha value is -0.900. The van der Waals surface area contributed by atoms with Crippen LogP contribution in [0.15, 0.2) is 4.52 Å². The van der Waals surface area contributed by atoms with Crippen LogP contribution in [0, 0.1) is 5.92 Å². The first-order chi connectivity index (χ1) is 6.13. The molecule has 2 N–H and O–H groups in total. The Bertz CT molecular complexity index is 257. The van der Waals surface area contributed by atoms with Crippen molar-refractivity contribution in [3.63, 3.8) is 0 Å². The molecule has 1 aromatic rings. The zero-order valence-corrected chi connectivity index (χ0v) is 8.45. The number of aromatic nitrogens is 2. The first-order valence-electron chi connectivity index (χ1n) is 4.71. The maximum atomic E-state index is 5.75. The summed E-state index contributed by atoms with van der Waals surface area (Å²) >= 11 is 0. The van der Waals surface area contributed by atoms with E-state index in [1.807, 2.05) is 6.92 Å². The summed E-state index contributed by atoms with van der Waals surface area (Å²) < 4.78 is 5.06. The van der Waals surface area contributed by atoms with Gasteiger partial charge in [0, 0.05) is 6.42 Å². The summed E-state index contributed by atoms with van der Waals surface area (Å²) in [6.07, 6.45) is 1.66. The molecule has 0 saturated heterocycles. The van der Waals surface area contributed by atoms with Gasteiger partial charge in [0.2, 0.25) is 5.89 Å². The Labute approximate surface area is 78.5 Å². The van der Waals surface area contributed by atoms with E-state index in [2.05, 4.69) is 24.0 Å². The van der Waals surface area contributed by atoms with Crippen LogP contribution in [0.3, 0.4) is 0 Å². The highest BCUT2D eigenvalue weighted by Gasteiger charge is 2.12. The van der Waals surface area contributed by atoms with Gasteiger partial charge in [-0.1, -0.05) is 25.9 Å². The van der Waals surface area contributed by atoms with Crippen molar-refractivity contribution in [2.24, 2.45) is 11.7 Å². The quantitative estimate of drug-likeness (QED) is 0.771. The van der Waals surface area contributed by atoms with Crippen LogP contribution in [0.5, 0.6) is 0 Å². The smallest absolute Gasteiger partial charge is 0.226 e. The molecule has 4 heteroatoms. The van der Waals surface area contributed by atoms with Gasteiger partial charge in [0.25, 0.3) is 0 Å².